The minimum Gasteiger partial charge on any atom is -0.507 e. The van der Waals surface area contributed by atoms with Crippen molar-refractivity contribution in [3.05, 3.63) is 64.4 Å². The Morgan fingerprint density at radius 3 is 2.33 bits per heavy atom. The van der Waals surface area contributed by atoms with Crippen molar-refractivity contribution in [3.63, 3.8) is 0 Å². The van der Waals surface area contributed by atoms with Crippen molar-refractivity contribution in [1.82, 2.24) is 4.98 Å². The maximum absolute atomic E-state index is 14.3. The van der Waals surface area contributed by atoms with Crippen molar-refractivity contribution >= 4 is 56.8 Å². The summed E-state index contributed by atoms with van der Waals surface area (Å²) in [4.78, 5) is 48.7. The predicted molar refractivity (Wildman–Crippen MR) is 213 cm³/mol. The van der Waals surface area contributed by atoms with E-state index in [-0.39, 0.29) is 49.6 Å². The lowest BCUT2D eigenvalue weighted by Crippen LogP contribution is -2.46. The van der Waals surface area contributed by atoms with Gasteiger partial charge in [-0.3, -0.25) is 14.4 Å². The Morgan fingerprint density at radius 1 is 1.00 bits per heavy atom. The van der Waals surface area contributed by atoms with E-state index in [1.807, 2.05) is 0 Å². The van der Waals surface area contributed by atoms with Gasteiger partial charge in [-0.15, -0.1) is 11.3 Å². The molecule has 0 unspecified atom stereocenters. The summed E-state index contributed by atoms with van der Waals surface area (Å²) in [6, 6.07) is 0. The van der Waals surface area contributed by atoms with Crippen LogP contribution in [0.4, 0.5) is 10.8 Å². The molecule has 6 rings (SSSR count). The molecule has 3 aromatic rings. The average Bonchev–Trinajstić information content (AvgIpc) is 3.79. The van der Waals surface area contributed by atoms with E-state index in [1.165, 1.54) is 77.0 Å². The van der Waals surface area contributed by atoms with E-state index < -0.39 is 88.8 Å². The highest BCUT2D eigenvalue weighted by Crippen LogP contribution is 2.55. The molecule has 0 saturated carbocycles. The number of nitrogens with zero attached hydrogens (tertiary/aromatic N) is 2. The van der Waals surface area contributed by atoms with E-state index in [1.54, 1.807) is 45.2 Å². The number of aromatic nitrogens is 1. The van der Waals surface area contributed by atoms with Crippen LogP contribution in [-0.2, 0) is 23.8 Å². The highest BCUT2D eigenvalue weighted by Gasteiger charge is 2.50. The second-order valence-corrected chi connectivity index (χ2v) is 15.6. The van der Waals surface area contributed by atoms with Gasteiger partial charge in [-0.05, 0) is 19.9 Å². The van der Waals surface area contributed by atoms with E-state index in [2.05, 4.69) is 15.3 Å². The number of methoxy groups -OCH3 is 1. The largest absolute Gasteiger partial charge is 0.507 e. The second-order valence-electron chi connectivity index (χ2n) is 14.7. The van der Waals surface area contributed by atoms with Gasteiger partial charge in [0.05, 0.1) is 46.8 Å². The van der Waals surface area contributed by atoms with Crippen molar-refractivity contribution in [2.45, 2.75) is 85.6 Å². The van der Waals surface area contributed by atoms with Crippen molar-refractivity contribution in [1.29, 1.82) is 0 Å². The molecule has 0 fully saturated rings. The molecule has 0 saturated heterocycles. The minimum atomic E-state index is -2.06. The summed E-state index contributed by atoms with van der Waals surface area (Å²) in [5.74, 6) is -8.57. The number of anilines is 1. The van der Waals surface area contributed by atoms with Crippen LogP contribution in [0.3, 0.4) is 0 Å². The van der Waals surface area contributed by atoms with E-state index >= 15 is 0 Å². The highest BCUT2D eigenvalue weighted by molar-refractivity contribution is 7.13. The maximum Gasteiger partial charge on any atom is 0.312 e. The number of aliphatic imine (C=N–C) groups is 1. The number of aromatic hydroxyl groups is 3. The van der Waals surface area contributed by atoms with E-state index in [0.29, 0.717) is 0 Å². The first-order valence-electron chi connectivity index (χ1n) is 18.4. The average molecular weight is 808 g/mol. The molecule has 0 aliphatic carbocycles. The molecule has 4 heterocycles. The number of carbonyl (C=O) groups excluding carboxylic acids is 3. The molecule has 5 bridgehead atoms. The number of thiazole rings is 1. The standard InChI is InChI=1S/C41H49N3O12S/c1-18-11-10-12-19(2)39(52)44-30-25(17-43-40-42-14-16-57-40)34(49)27-28(35(30)50)33(48)23(6)37-29(27)38(51)41(8,56-37)54-15-13-26(53-9)20(3)36(55-24(7)45)22(5)32(47)21(4)31(18)46/h10-18,20-22,26,31-32,36,46-50H,1-9H3,(H,44,52)/b11-10-,15-13?,19-12-,43-17+/t18-,20+,21+,22+,26-,31-,32+,36+,41-/m0/s1. The van der Waals surface area contributed by atoms with Gasteiger partial charge in [0, 0.05) is 78.9 Å². The number of hydrogen-bond acceptors (Lipinski definition) is 15. The summed E-state index contributed by atoms with van der Waals surface area (Å²) >= 11 is 1.18. The zero-order valence-electron chi connectivity index (χ0n) is 33.1. The van der Waals surface area contributed by atoms with Crippen LogP contribution in [0.5, 0.6) is 23.0 Å². The molecule has 3 aliphatic heterocycles. The van der Waals surface area contributed by atoms with Crippen molar-refractivity contribution < 1.29 is 58.9 Å². The fourth-order valence-corrected chi connectivity index (χ4v) is 7.75. The zero-order chi connectivity index (χ0) is 42.1. The number of rotatable bonds is 4. The first-order valence-corrected chi connectivity index (χ1v) is 19.2. The molecule has 1 aromatic heterocycles. The Hall–Kier alpha value is -5.29. The number of fused-ring (bicyclic) bond motifs is 14. The number of esters is 1. The Morgan fingerprint density at radius 2 is 1.70 bits per heavy atom. The quantitative estimate of drug-likeness (QED) is 0.0775. The Labute approximate surface area is 334 Å². The van der Waals surface area contributed by atoms with Gasteiger partial charge in [0.1, 0.15) is 23.4 Å². The highest BCUT2D eigenvalue weighted by atomic mass is 32.1. The van der Waals surface area contributed by atoms with Crippen molar-refractivity contribution in [3.8, 4) is 23.0 Å². The molecule has 0 radical (unpaired) electrons. The second kappa shape index (κ2) is 17.1. The number of allylic oxidation sites excluding steroid dienone is 2. The Kier molecular flexibility index (Phi) is 12.8. The predicted octanol–water partition coefficient (Wildman–Crippen LogP) is 5.96. The number of hydrogen-bond donors (Lipinski definition) is 6. The molecular weight excluding hydrogens is 759 g/mol. The molecule has 2 aromatic carbocycles. The molecule has 57 heavy (non-hydrogen) atoms. The lowest BCUT2D eigenvalue weighted by Gasteiger charge is -2.38. The number of ketones is 1. The number of Topliss-reactive ketones (excluding diaryl/α,β-unsaturated/α-hetero) is 1. The van der Waals surface area contributed by atoms with Gasteiger partial charge in [0.2, 0.25) is 5.13 Å². The van der Waals surface area contributed by atoms with Crippen LogP contribution < -0.4 is 10.1 Å². The van der Waals surface area contributed by atoms with Crippen LogP contribution in [0, 0.1) is 30.6 Å². The van der Waals surface area contributed by atoms with Crippen molar-refractivity contribution in [2.75, 3.05) is 12.4 Å². The SMILES string of the molecule is CO[C@H]1C=CO[C@@]2(C)Oc3c(C)c(O)c4c(O)c(c(/C=N/c5nccs5)c(O)c4c3C2=O)NC(=O)/C(C)=C\C=C/[C@H](C)[C@H](O)[C@@H](C)[C@@H](O)[C@@H](C)[C@H](OC(C)=O)[C@@H]1C. The third kappa shape index (κ3) is 8.26. The number of phenols is 3. The van der Waals surface area contributed by atoms with E-state index in [4.69, 9.17) is 18.9 Å². The summed E-state index contributed by atoms with van der Waals surface area (Å²) in [6.45, 7) is 12.4. The number of aliphatic hydroxyl groups is 2. The van der Waals surface area contributed by atoms with Crippen LogP contribution in [0.25, 0.3) is 10.8 Å². The molecule has 0 spiro atoms. The third-order valence-corrected chi connectivity index (χ3v) is 11.4. The third-order valence-electron chi connectivity index (χ3n) is 10.8. The molecule has 9 atom stereocenters. The maximum atomic E-state index is 14.3. The van der Waals surface area contributed by atoms with Crippen LogP contribution in [0.15, 0.2) is 52.7 Å². The van der Waals surface area contributed by atoms with E-state index in [9.17, 15) is 39.9 Å². The first kappa shape index (κ1) is 42.8. The van der Waals surface area contributed by atoms with Gasteiger partial charge >= 0.3 is 11.8 Å². The summed E-state index contributed by atoms with van der Waals surface area (Å²) in [5.41, 5.74) is -0.536. The van der Waals surface area contributed by atoms with Crippen LogP contribution in [0.1, 0.15) is 70.0 Å². The lowest BCUT2D eigenvalue weighted by molar-refractivity contribution is -0.160. The van der Waals surface area contributed by atoms with Crippen LogP contribution in [0.2, 0.25) is 0 Å². The number of amides is 1. The molecule has 6 N–H and O–H groups in total. The van der Waals surface area contributed by atoms with Gasteiger partial charge in [-0.25, -0.2) is 9.98 Å². The topological polar surface area (TPSA) is 227 Å². The van der Waals surface area contributed by atoms with E-state index in [0.717, 1.165) is 0 Å². The fraction of sp³-hybridized carbons (Fsp3) is 0.439. The first-order chi connectivity index (χ1) is 26.8. The molecule has 1 amide bonds. The van der Waals surface area contributed by atoms with Crippen LogP contribution >= 0.6 is 11.3 Å². The number of carbonyl (C=O) groups is 3. The molecule has 3 aliphatic rings. The summed E-state index contributed by atoms with van der Waals surface area (Å²) in [6.07, 6.45) is 6.15. The molecule has 16 heteroatoms. The number of benzene rings is 2. The summed E-state index contributed by atoms with van der Waals surface area (Å²) in [5, 5.41) is 62.0. The monoisotopic (exact) mass is 807 g/mol. The molecule has 306 valence electrons. The van der Waals surface area contributed by atoms with Crippen LogP contribution in [-0.4, -0.2) is 91.7 Å². The number of aliphatic hydroxyl groups excluding tert-OH is 2. The Balaban J connectivity index is 1.72. The van der Waals surface area contributed by atoms with Gasteiger partial charge in [0.25, 0.3) is 11.7 Å². The lowest BCUT2D eigenvalue weighted by atomic mass is 9.78. The normalized spacial score (nSPS) is 30.2. The minimum absolute atomic E-state index is 0.0377. The van der Waals surface area contributed by atoms with Gasteiger partial charge in [0.15, 0.2) is 5.75 Å². The van der Waals surface area contributed by atoms with Crippen molar-refractivity contribution in [2.24, 2.45) is 28.7 Å². The number of phenolic OH excluding ortho intramolecular Hbond substituents is 3. The Bertz CT molecular complexity index is 2160. The number of nitrogens with one attached hydrogen (secondary N) is 1. The summed E-state index contributed by atoms with van der Waals surface area (Å²) in [7, 11) is 1.43. The molecular formula is C41H49N3O12S. The van der Waals surface area contributed by atoms with Gasteiger partial charge in [-0.1, -0.05) is 45.9 Å². The van der Waals surface area contributed by atoms with Gasteiger partial charge in [-0.2, -0.15) is 0 Å². The number of ether oxygens (including phenoxy) is 4. The van der Waals surface area contributed by atoms with Gasteiger partial charge < -0.3 is 49.8 Å². The fourth-order valence-electron chi connectivity index (χ4n) is 7.27. The zero-order valence-corrected chi connectivity index (χ0v) is 34.0. The smallest absolute Gasteiger partial charge is 0.312 e. The molecule has 15 nitrogen and oxygen atoms in total. The summed E-state index contributed by atoms with van der Waals surface area (Å²) < 4.78 is 23.5.